The normalized spacial score (nSPS) is 21.6. The molecule has 4 nitrogen and oxygen atoms in total. The zero-order valence-corrected chi connectivity index (χ0v) is 11.7. The molecule has 1 aliphatic heterocycles. The van der Waals surface area contributed by atoms with Gasteiger partial charge in [0.25, 0.3) is 0 Å². The molecule has 1 aromatic rings. The third-order valence-electron chi connectivity index (χ3n) is 2.90. The third-order valence-corrected chi connectivity index (χ3v) is 5.01. The Kier molecular flexibility index (Phi) is 4.27. The first-order chi connectivity index (χ1) is 8.96. The molecule has 102 valence electrons. The zero-order valence-electron chi connectivity index (χ0n) is 10.2. The van der Waals surface area contributed by atoms with Crippen LogP contribution in [0.5, 0.6) is 0 Å². The molecule has 0 saturated carbocycles. The van der Waals surface area contributed by atoms with E-state index >= 15 is 0 Å². The number of halogens is 1. The van der Waals surface area contributed by atoms with Crippen molar-refractivity contribution in [1.29, 1.82) is 0 Å². The first-order valence-electron chi connectivity index (χ1n) is 5.90. The summed E-state index contributed by atoms with van der Waals surface area (Å²) in [5.41, 5.74) is 0.748. The van der Waals surface area contributed by atoms with Crippen LogP contribution in [0.15, 0.2) is 30.3 Å². The largest absolute Gasteiger partial charge is 0.349 e. The zero-order chi connectivity index (χ0) is 13.9. The smallest absolute Gasteiger partial charge is 0.244 e. The van der Waals surface area contributed by atoms with Gasteiger partial charge >= 0.3 is 0 Å². The lowest BCUT2D eigenvalue weighted by atomic mass is 10.2. The molecular formula is C13H14ClNO3S. The van der Waals surface area contributed by atoms with Crippen molar-refractivity contribution in [3.63, 3.8) is 0 Å². The minimum Gasteiger partial charge on any atom is -0.349 e. The van der Waals surface area contributed by atoms with Crippen LogP contribution in [0, 0.1) is 0 Å². The van der Waals surface area contributed by atoms with Crippen molar-refractivity contribution in [2.24, 2.45) is 0 Å². The van der Waals surface area contributed by atoms with Gasteiger partial charge in [0.05, 0.1) is 11.5 Å². The fourth-order valence-corrected chi connectivity index (χ4v) is 3.81. The molecule has 1 fully saturated rings. The number of hydrogen-bond acceptors (Lipinski definition) is 3. The number of amides is 1. The highest BCUT2D eigenvalue weighted by Gasteiger charge is 2.28. The van der Waals surface area contributed by atoms with Gasteiger partial charge in [-0.15, -0.1) is 0 Å². The van der Waals surface area contributed by atoms with Gasteiger partial charge in [0.2, 0.25) is 5.91 Å². The van der Waals surface area contributed by atoms with Crippen LogP contribution in [-0.2, 0) is 14.6 Å². The molecule has 1 atom stereocenters. The number of benzene rings is 1. The van der Waals surface area contributed by atoms with Gasteiger partial charge in [-0.1, -0.05) is 29.8 Å². The Morgan fingerprint density at radius 2 is 2.11 bits per heavy atom. The van der Waals surface area contributed by atoms with Crippen LogP contribution in [0.25, 0.3) is 6.08 Å². The molecule has 0 unspecified atom stereocenters. The third kappa shape index (κ3) is 4.08. The summed E-state index contributed by atoms with van der Waals surface area (Å²) in [7, 11) is -2.97. The maximum absolute atomic E-state index is 11.7. The van der Waals surface area contributed by atoms with Crippen LogP contribution in [-0.4, -0.2) is 31.9 Å². The van der Waals surface area contributed by atoms with Crippen LogP contribution in [0.2, 0.25) is 5.02 Å². The number of rotatable bonds is 3. The van der Waals surface area contributed by atoms with E-state index < -0.39 is 9.84 Å². The topological polar surface area (TPSA) is 63.2 Å². The molecule has 2 rings (SSSR count). The highest BCUT2D eigenvalue weighted by atomic mass is 35.5. The van der Waals surface area contributed by atoms with E-state index in [0.29, 0.717) is 11.4 Å². The van der Waals surface area contributed by atoms with Crippen LogP contribution in [0.4, 0.5) is 0 Å². The van der Waals surface area contributed by atoms with E-state index in [-0.39, 0.29) is 23.5 Å². The Balaban J connectivity index is 1.94. The molecule has 1 aromatic carbocycles. The second-order valence-corrected chi connectivity index (χ2v) is 7.10. The Bertz CT molecular complexity index is 610. The molecule has 0 bridgehead atoms. The lowest BCUT2D eigenvalue weighted by molar-refractivity contribution is -0.116. The van der Waals surface area contributed by atoms with Crippen molar-refractivity contribution in [3.05, 3.63) is 40.9 Å². The summed E-state index contributed by atoms with van der Waals surface area (Å²) < 4.78 is 22.5. The van der Waals surface area contributed by atoms with E-state index in [0.717, 1.165) is 5.56 Å². The van der Waals surface area contributed by atoms with Crippen LogP contribution < -0.4 is 5.32 Å². The summed E-state index contributed by atoms with van der Waals surface area (Å²) in [5.74, 6) is -0.132. The summed E-state index contributed by atoms with van der Waals surface area (Å²) in [6.07, 6.45) is 3.46. The van der Waals surface area contributed by atoms with Gasteiger partial charge in [0.15, 0.2) is 9.84 Å². The molecule has 1 heterocycles. The molecular weight excluding hydrogens is 286 g/mol. The van der Waals surface area contributed by atoms with E-state index in [1.165, 1.54) is 6.08 Å². The van der Waals surface area contributed by atoms with Crippen molar-refractivity contribution in [3.8, 4) is 0 Å². The number of carbonyl (C=O) groups is 1. The molecule has 0 aliphatic carbocycles. The van der Waals surface area contributed by atoms with E-state index in [2.05, 4.69) is 5.32 Å². The van der Waals surface area contributed by atoms with Gasteiger partial charge < -0.3 is 5.32 Å². The average molecular weight is 300 g/mol. The minimum atomic E-state index is -2.97. The predicted octanol–water partition coefficient (Wildman–Crippen LogP) is 1.66. The Morgan fingerprint density at radius 1 is 1.37 bits per heavy atom. The van der Waals surface area contributed by atoms with Crippen molar-refractivity contribution < 1.29 is 13.2 Å². The van der Waals surface area contributed by atoms with Crippen molar-refractivity contribution >= 4 is 33.4 Å². The Hall–Kier alpha value is -1.33. The number of sulfone groups is 1. The maximum atomic E-state index is 11.7. The van der Waals surface area contributed by atoms with E-state index in [1.807, 2.05) is 12.1 Å². The molecule has 1 N–H and O–H groups in total. The van der Waals surface area contributed by atoms with Crippen LogP contribution in [0.1, 0.15) is 12.0 Å². The average Bonchev–Trinajstić information content (AvgIpc) is 2.67. The van der Waals surface area contributed by atoms with Crippen LogP contribution >= 0.6 is 11.6 Å². The highest BCUT2D eigenvalue weighted by Crippen LogP contribution is 2.16. The lowest BCUT2D eigenvalue weighted by Gasteiger charge is -2.07. The second kappa shape index (κ2) is 5.75. The minimum absolute atomic E-state index is 0.0265. The first-order valence-corrected chi connectivity index (χ1v) is 8.10. The van der Waals surface area contributed by atoms with Gasteiger partial charge in [-0.25, -0.2) is 8.42 Å². The first kappa shape index (κ1) is 14.1. The van der Waals surface area contributed by atoms with Gasteiger partial charge in [-0.05, 0) is 24.1 Å². The van der Waals surface area contributed by atoms with Gasteiger partial charge in [-0.3, -0.25) is 4.79 Å². The Labute approximate surface area is 117 Å². The molecule has 0 aromatic heterocycles. The standard InChI is InChI=1S/C13H14ClNO3S/c14-12-4-2-1-3-10(12)5-6-13(16)15-11-7-8-19(17,18)9-11/h1-6,11H,7-9H2,(H,15,16)/b6-5+/t11-/m1/s1. The summed E-state index contributed by atoms with van der Waals surface area (Å²) in [6, 6.07) is 6.89. The van der Waals surface area contributed by atoms with Crippen molar-refractivity contribution in [2.45, 2.75) is 12.5 Å². The molecule has 0 spiro atoms. The van der Waals surface area contributed by atoms with E-state index in [9.17, 15) is 13.2 Å². The Morgan fingerprint density at radius 3 is 2.74 bits per heavy atom. The quantitative estimate of drug-likeness (QED) is 0.863. The molecule has 6 heteroatoms. The number of nitrogens with one attached hydrogen (secondary N) is 1. The highest BCUT2D eigenvalue weighted by molar-refractivity contribution is 7.91. The fraction of sp³-hybridized carbons (Fsp3) is 0.308. The molecule has 1 saturated heterocycles. The molecule has 0 radical (unpaired) electrons. The molecule has 1 aliphatic rings. The summed E-state index contributed by atoms with van der Waals surface area (Å²) in [6.45, 7) is 0. The number of hydrogen-bond donors (Lipinski definition) is 1. The summed E-state index contributed by atoms with van der Waals surface area (Å²) in [5, 5.41) is 3.24. The van der Waals surface area contributed by atoms with Gasteiger partial charge in [0, 0.05) is 17.1 Å². The van der Waals surface area contributed by atoms with E-state index in [4.69, 9.17) is 11.6 Å². The lowest BCUT2D eigenvalue weighted by Crippen LogP contribution is -2.34. The van der Waals surface area contributed by atoms with Crippen molar-refractivity contribution in [1.82, 2.24) is 5.32 Å². The molecule has 19 heavy (non-hydrogen) atoms. The second-order valence-electron chi connectivity index (χ2n) is 4.46. The van der Waals surface area contributed by atoms with Crippen molar-refractivity contribution in [2.75, 3.05) is 11.5 Å². The van der Waals surface area contributed by atoms with Crippen LogP contribution in [0.3, 0.4) is 0 Å². The van der Waals surface area contributed by atoms with Gasteiger partial charge in [-0.2, -0.15) is 0 Å². The summed E-state index contributed by atoms with van der Waals surface area (Å²) in [4.78, 5) is 11.7. The fourth-order valence-electron chi connectivity index (χ4n) is 1.93. The SMILES string of the molecule is O=C(/C=C/c1ccccc1Cl)N[C@@H]1CCS(=O)(=O)C1. The number of carbonyl (C=O) groups excluding carboxylic acids is 1. The molecule has 1 amide bonds. The monoisotopic (exact) mass is 299 g/mol. The van der Waals surface area contributed by atoms with Gasteiger partial charge in [0.1, 0.15) is 0 Å². The van der Waals surface area contributed by atoms with E-state index in [1.54, 1.807) is 18.2 Å². The predicted molar refractivity (Wildman–Crippen MR) is 75.7 cm³/mol. The summed E-state index contributed by atoms with van der Waals surface area (Å²) >= 11 is 5.95. The maximum Gasteiger partial charge on any atom is 0.244 e.